The fourth-order valence-corrected chi connectivity index (χ4v) is 2.23. The van der Waals surface area contributed by atoms with Crippen LogP contribution >= 0.6 is 0 Å². The molecule has 1 N–H and O–H groups in total. The monoisotopic (exact) mass is 194 g/mol. The summed E-state index contributed by atoms with van der Waals surface area (Å²) in [5, 5.41) is 11.0. The van der Waals surface area contributed by atoms with Crippen molar-refractivity contribution in [3.8, 4) is 6.07 Å². The van der Waals surface area contributed by atoms with Gasteiger partial charge in [0.05, 0.1) is 6.07 Å². The summed E-state index contributed by atoms with van der Waals surface area (Å²) in [4.78, 5) is 11.7. The highest BCUT2D eigenvalue weighted by molar-refractivity contribution is 5.79. The van der Waals surface area contributed by atoms with Crippen LogP contribution in [0.3, 0.4) is 0 Å². The van der Waals surface area contributed by atoms with E-state index in [9.17, 15) is 4.79 Å². The SMILES string of the molecule is CC1(C)CCCCC1C(=O)NCC#N. The second-order valence-corrected chi connectivity index (χ2v) is 4.66. The van der Waals surface area contributed by atoms with Gasteiger partial charge in [0.2, 0.25) is 5.91 Å². The van der Waals surface area contributed by atoms with Crippen molar-refractivity contribution in [2.24, 2.45) is 11.3 Å². The molecule has 14 heavy (non-hydrogen) atoms. The van der Waals surface area contributed by atoms with Crippen molar-refractivity contribution in [1.82, 2.24) is 5.32 Å². The maximum atomic E-state index is 11.7. The van der Waals surface area contributed by atoms with E-state index >= 15 is 0 Å². The topological polar surface area (TPSA) is 52.9 Å². The van der Waals surface area contributed by atoms with Gasteiger partial charge in [0, 0.05) is 5.92 Å². The van der Waals surface area contributed by atoms with Gasteiger partial charge in [-0.05, 0) is 18.3 Å². The summed E-state index contributed by atoms with van der Waals surface area (Å²) in [5.41, 5.74) is 0.0950. The van der Waals surface area contributed by atoms with E-state index in [4.69, 9.17) is 5.26 Å². The standard InChI is InChI=1S/C11H18N2O/c1-11(2)6-4-3-5-9(11)10(14)13-8-7-12/h9H,3-6,8H2,1-2H3,(H,13,14). The van der Waals surface area contributed by atoms with Crippen molar-refractivity contribution < 1.29 is 4.79 Å². The van der Waals surface area contributed by atoms with E-state index in [1.54, 1.807) is 0 Å². The van der Waals surface area contributed by atoms with Gasteiger partial charge in [-0.1, -0.05) is 26.7 Å². The molecule has 1 aliphatic carbocycles. The first-order valence-corrected chi connectivity index (χ1v) is 5.22. The second-order valence-electron chi connectivity index (χ2n) is 4.66. The predicted octanol–water partition coefficient (Wildman–Crippen LogP) is 1.84. The Balaban J connectivity index is 2.56. The highest BCUT2D eigenvalue weighted by Gasteiger charge is 2.36. The van der Waals surface area contributed by atoms with Crippen LogP contribution < -0.4 is 5.32 Å². The zero-order chi connectivity index (χ0) is 10.6. The van der Waals surface area contributed by atoms with Crippen LogP contribution in [0.15, 0.2) is 0 Å². The van der Waals surface area contributed by atoms with Crippen molar-refractivity contribution in [3.63, 3.8) is 0 Å². The minimum atomic E-state index is 0.0521. The lowest BCUT2D eigenvalue weighted by Crippen LogP contribution is -2.41. The summed E-state index contributed by atoms with van der Waals surface area (Å²) in [7, 11) is 0. The largest absolute Gasteiger partial charge is 0.343 e. The molecule has 0 aromatic rings. The third-order valence-electron chi connectivity index (χ3n) is 3.17. The fraction of sp³-hybridized carbons (Fsp3) is 0.818. The van der Waals surface area contributed by atoms with Gasteiger partial charge in [-0.15, -0.1) is 0 Å². The Morgan fingerprint density at radius 2 is 2.29 bits per heavy atom. The molecule has 0 heterocycles. The fourth-order valence-electron chi connectivity index (χ4n) is 2.23. The maximum Gasteiger partial charge on any atom is 0.224 e. The van der Waals surface area contributed by atoms with Crippen molar-refractivity contribution in [3.05, 3.63) is 0 Å². The van der Waals surface area contributed by atoms with Crippen LogP contribution in [0.2, 0.25) is 0 Å². The van der Waals surface area contributed by atoms with Crippen molar-refractivity contribution >= 4 is 5.91 Å². The van der Waals surface area contributed by atoms with Gasteiger partial charge in [-0.3, -0.25) is 4.79 Å². The molecule has 0 bridgehead atoms. The van der Waals surface area contributed by atoms with E-state index < -0.39 is 0 Å². The van der Waals surface area contributed by atoms with E-state index in [0.717, 1.165) is 19.3 Å². The zero-order valence-electron chi connectivity index (χ0n) is 8.97. The lowest BCUT2D eigenvalue weighted by molar-refractivity contribution is -0.129. The van der Waals surface area contributed by atoms with Gasteiger partial charge in [-0.25, -0.2) is 0 Å². The second kappa shape index (κ2) is 4.45. The normalized spacial score (nSPS) is 25.1. The van der Waals surface area contributed by atoms with Crippen LogP contribution in [0.25, 0.3) is 0 Å². The molecule has 0 saturated heterocycles. The van der Waals surface area contributed by atoms with Crippen LogP contribution in [0.5, 0.6) is 0 Å². The molecule has 1 unspecified atom stereocenters. The number of nitriles is 1. The number of carbonyl (C=O) groups excluding carboxylic acids is 1. The molecule has 1 rings (SSSR count). The highest BCUT2D eigenvalue weighted by atomic mass is 16.1. The minimum absolute atomic E-state index is 0.0521. The van der Waals surface area contributed by atoms with Crippen molar-refractivity contribution in [2.75, 3.05) is 6.54 Å². The summed E-state index contributed by atoms with van der Waals surface area (Å²) in [6.07, 6.45) is 4.42. The first-order valence-electron chi connectivity index (χ1n) is 5.22. The number of hydrogen-bond acceptors (Lipinski definition) is 2. The van der Waals surface area contributed by atoms with E-state index in [0.29, 0.717) is 0 Å². The summed E-state index contributed by atoms with van der Waals surface area (Å²) >= 11 is 0. The third kappa shape index (κ3) is 2.47. The lowest BCUT2D eigenvalue weighted by atomic mass is 9.68. The van der Waals surface area contributed by atoms with E-state index in [-0.39, 0.29) is 23.8 Å². The Kier molecular flexibility index (Phi) is 3.51. The Morgan fingerprint density at radius 1 is 1.57 bits per heavy atom. The van der Waals surface area contributed by atoms with E-state index in [1.807, 2.05) is 6.07 Å². The highest BCUT2D eigenvalue weighted by Crippen LogP contribution is 2.40. The molecule has 1 amide bonds. The smallest absolute Gasteiger partial charge is 0.224 e. The third-order valence-corrected chi connectivity index (χ3v) is 3.17. The van der Waals surface area contributed by atoms with Gasteiger partial charge >= 0.3 is 0 Å². The summed E-state index contributed by atoms with van der Waals surface area (Å²) < 4.78 is 0. The lowest BCUT2D eigenvalue weighted by Gasteiger charge is -2.37. The number of rotatable bonds is 2. The summed E-state index contributed by atoms with van der Waals surface area (Å²) in [5.74, 6) is 0.140. The molecule has 0 aromatic heterocycles. The van der Waals surface area contributed by atoms with Crippen LogP contribution in [0.4, 0.5) is 0 Å². The molecule has 3 nitrogen and oxygen atoms in total. The van der Waals surface area contributed by atoms with Crippen molar-refractivity contribution in [1.29, 1.82) is 5.26 Å². The Bertz CT molecular complexity index is 253. The maximum absolute atomic E-state index is 11.7. The molecule has 3 heteroatoms. The average Bonchev–Trinajstić information content (AvgIpc) is 2.13. The first kappa shape index (κ1) is 11.0. The Morgan fingerprint density at radius 3 is 2.86 bits per heavy atom. The van der Waals surface area contributed by atoms with Crippen LogP contribution in [0, 0.1) is 22.7 Å². The molecule has 78 valence electrons. The zero-order valence-corrected chi connectivity index (χ0v) is 8.97. The minimum Gasteiger partial charge on any atom is -0.343 e. The summed E-state index contributed by atoms with van der Waals surface area (Å²) in [6, 6.07) is 1.93. The molecular weight excluding hydrogens is 176 g/mol. The number of nitrogens with one attached hydrogen (secondary N) is 1. The Labute approximate surface area is 85.5 Å². The average molecular weight is 194 g/mol. The van der Waals surface area contributed by atoms with E-state index in [2.05, 4.69) is 19.2 Å². The van der Waals surface area contributed by atoms with Gasteiger partial charge in [0.25, 0.3) is 0 Å². The molecule has 1 saturated carbocycles. The van der Waals surface area contributed by atoms with Crippen LogP contribution in [0.1, 0.15) is 39.5 Å². The molecule has 1 atom stereocenters. The van der Waals surface area contributed by atoms with Gasteiger partial charge in [0.1, 0.15) is 6.54 Å². The number of amides is 1. The van der Waals surface area contributed by atoms with Gasteiger partial charge < -0.3 is 5.32 Å². The molecular formula is C11H18N2O. The quantitative estimate of drug-likeness (QED) is 0.682. The van der Waals surface area contributed by atoms with Gasteiger partial charge in [-0.2, -0.15) is 5.26 Å². The predicted molar refractivity (Wildman–Crippen MR) is 54.4 cm³/mol. The Hall–Kier alpha value is -1.04. The number of hydrogen-bond donors (Lipinski definition) is 1. The van der Waals surface area contributed by atoms with Crippen LogP contribution in [-0.2, 0) is 4.79 Å². The first-order chi connectivity index (χ1) is 6.58. The molecule has 0 aromatic carbocycles. The van der Waals surface area contributed by atoms with E-state index in [1.165, 1.54) is 6.42 Å². The summed E-state index contributed by atoms with van der Waals surface area (Å²) in [6.45, 7) is 4.41. The molecule has 0 spiro atoms. The molecule has 0 radical (unpaired) electrons. The number of nitrogens with zero attached hydrogens (tertiary/aromatic N) is 1. The van der Waals surface area contributed by atoms with Crippen molar-refractivity contribution in [2.45, 2.75) is 39.5 Å². The molecule has 0 aliphatic heterocycles. The molecule has 1 fully saturated rings. The number of carbonyl (C=O) groups is 1. The van der Waals surface area contributed by atoms with Crippen LogP contribution in [-0.4, -0.2) is 12.5 Å². The molecule has 1 aliphatic rings. The van der Waals surface area contributed by atoms with Gasteiger partial charge in [0.15, 0.2) is 0 Å².